The van der Waals surface area contributed by atoms with E-state index in [-0.39, 0.29) is 0 Å². The zero-order valence-electron chi connectivity index (χ0n) is 8.81. The lowest BCUT2D eigenvalue weighted by atomic mass is 10.0. The maximum atomic E-state index is 5.05. The van der Waals surface area contributed by atoms with Crippen LogP contribution in [0, 0.1) is 5.92 Å². The lowest BCUT2D eigenvalue weighted by Crippen LogP contribution is -2.05. The van der Waals surface area contributed by atoms with Gasteiger partial charge in [-0.25, -0.2) is 0 Å². The van der Waals surface area contributed by atoms with Crippen LogP contribution in [0.2, 0.25) is 0 Å². The van der Waals surface area contributed by atoms with Crippen LogP contribution < -0.4 is 0 Å². The van der Waals surface area contributed by atoms with Gasteiger partial charge in [-0.2, -0.15) is 0 Å². The summed E-state index contributed by atoms with van der Waals surface area (Å²) < 4.78 is 5.05. The van der Waals surface area contributed by atoms with Crippen molar-refractivity contribution < 1.29 is 4.74 Å². The molecular weight excluding hydrogens is 136 g/mol. The number of hydrogen-bond acceptors (Lipinski definition) is 1. The van der Waals surface area contributed by atoms with Gasteiger partial charge in [0.2, 0.25) is 0 Å². The summed E-state index contributed by atoms with van der Waals surface area (Å²) in [7, 11) is 1.78. The third-order valence-electron chi connectivity index (χ3n) is 1.68. The van der Waals surface area contributed by atoms with E-state index in [0.29, 0.717) is 0 Å². The van der Waals surface area contributed by atoms with E-state index in [2.05, 4.69) is 13.8 Å². The molecule has 0 N–H and O–H groups in total. The topological polar surface area (TPSA) is 9.23 Å². The van der Waals surface area contributed by atoms with E-state index in [4.69, 9.17) is 4.74 Å². The molecule has 0 amide bonds. The third kappa shape index (κ3) is 9.96. The molecule has 11 heavy (non-hydrogen) atoms. The lowest BCUT2D eigenvalue weighted by molar-refractivity contribution is 0.145. The minimum Gasteiger partial charge on any atom is -0.384 e. The van der Waals surface area contributed by atoms with Crippen LogP contribution in [-0.4, -0.2) is 13.7 Å². The number of methoxy groups -OCH3 is 1. The van der Waals surface area contributed by atoms with Gasteiger partial charge in [0.15, 0.2) is 0 Å². The molecule has 0 aromatic heterocycles. The highest BCUT2D eigenvalue weighted by atomic mass is 16.5. The van der Waals surface area contributed by atoms with E-state index in [1.54, 1.807) is 7.11 Å². The molecule has 0 saturated carbocycles. The Morgan fingerprint density at radius 2 is 1.73 bits per heavy atom. The first-order chi connectivity index (χ1) is 5.35. The summed E-state index contributed by atoms with van der Waals surface area (Å²) in [6, 6.07) is 0. The molecule has 1 unspecified atom stereocenters. The molecule has 0 aliphatic carbocycles. The van der Waals surface area contributed by atoms with Gasteiger partial charge in [0, 0.05) is 13.7 Å². The Morgan fingerprint density at radius 1 is 1.18 bits per heavy atom. The fourth-order valence-corrected chi connectivity index (χ4v) is 1.05. The Hall–Kier alpha value is -0.0400. The van der Waals surface area contributed by atoms with E-state index < -0.39 is 0 Å². The van der Waals surface area contributed by atoms with E-state index in [9.17, 15) is 0 Å². The number of ether oxygens (including phenoxy) is 1. The Bertz CT molecular complexity index is 46.8. The van der Waals surface area contributed by atoms with Gasteiger partial charge in [-0.15, -0.1) is 0 Å². The van der Waals surface area contributed by atoms with Crippen LogP contribution in [0.5, 0.6) is 0 Å². The Balaban J connectivity index is 0. The summed E-state index contributed by atoms with van der Waals surface area (Å²) in [6.45, 7) is 9.38. The predicted molar refractivity (Wildman–Crippen MR) is 51.9 cm³/mol. The van der Waals surface area contributed by atoms with Crippen molar-refractivity contribution >= 4 is 0 Å². The van der Waals surface area contributed by atoms with Crippen molar-refractivity contribution in [3.63, 3.8) is 0 Å². The fourth-order valence-electron chi connectivity index (χ4n) is 1.05. The quantitative estimate of drug-likeness (QED) is 0.598. The molecule has 70 valence electrons. The van der Waals surface area contributed by atoms with Gasteiger partial charge in [-0.1, -0.05) is 40.5 Å². The van der Waals surface area contributed by atoms with Gasteiger partial charge in [0.1, 0.15) is 0 Å². The number of rotatable bonds is 5. The highest BCUT2D eigenvalue weighted by Gasteiger charge is 2.02. The molecule has 0 heterocycles. The van der Waals surface area contributed by atoms with Gasteiger partial charge >= 0.3 is 0 Å². The second kappa shape index (κ2) is 12.6. The zero-order chi connectivity index (χ0) is 9.11. The summed E-state index contributed by atoms with van der Waals surface area (Å²) in [5.41, 5.74) is 0. The van der Waals surface area contributed by atoms with E-state index in [0.717, 1.165) is 12.5 Å². The maximum Gasteiger partial charge on any atom is 0.0490 e. The first-order valence-electron chi connectivity index (χ1n) is 4.84. The van der Waals surface area contributed by atoms with E-state index >= 15 is 0 Å². The largest absolute Gasteiger partial charge is 0.384 e. The van der Waals surface area contributed by atoms with Crippen molar-refractivity contribution in [2.75, 3.05) is 13.7 Å². The van der Waals surface area contributed by atoms with Gasteiger partial charge in [0.25, 0.3) is 0 Å². The summed E-state index contributed by atoms with van der Waals surface area (Å²) in [6.07, 6.45) is 3.84. The predicted octanol–water partition coefficient (Wildman–Crippen LogP) is 3.49. The standard InChI is InChI=1S/C8H18O.C2H6/c1-4-6-8(5-2)7-9-3;1-2/h8H,4-7H2,1-3H3;1-2H3. The average molecular weight is 160 g/mol. The van der Waals surface area contributed by atoms with Crippen molar-refractivity contribution in [3.8, 4) is 0 Å². The molecule has 0 aromatic carbocycles. The molecule has 0 aliphatic heterocycles. The summed E-state index contributed by atoms with van der Waals surface area (Å²) in [4.78, 5) is 0. The molecule has 0 radical (unpaired) electrons. The molecule has 1 nitrogen and oxygen atoms in total. The van der Waals surface area contributed by atoms with Crippen LogP contribution in [0.3, 0.4) is 0 Å². The smallest absolute Gasteiger partial charge is 0.0490 e. The second-order valence-electron chi connectivity index (χ2n) is 2.52. The molecule has 1 heteroatoms. The normalized spacial score (nSPS) is 11.7. The van der Waals surface area contributed by atoms with Crippen molar-refractivity contribution in [1.82, 2.24) is 0 Å². The Kier molecular flexibility index (Phi) is 15.5. The van der Waals surface area contributed by atoms with Crippen LogP contribution >= 0.6 is 0 Å². The van der Waals surface area contributed by atoms with Gasteiger partial charge < -0.3 is 4.74 Å². The molecule has 0 aromatic rings. The Labute approximate surface area is 72.1 Å². The highest BCUT2D eigenvalue weighted by Crippen LogP contribution is 2.09. The molecule has 0 spiro atoms. The zero-order valence-corrected chi connectivity index (χ0v) is 8.81. The SMILES string of the molecule is CC.CCCC(CC)COC. The van der Waals surface area contributed by atoms with Crippen LogP contribution in [0.25, 0.3) is 0 Å². The summed E-state index contributed by atoms with van der Waals surface area (Å²) in [5, 5.41) is 0. The van der Waals surface area contributed by atoms with Crippen LogP contribution in [0.4, 0.5) is 0 Å². The summed E-state index contributed by atoms with van der Waals surface area (Å²) >= 11 is 0. The molecule has 0 saturated heterocycles. The van der Waals surface area contributed by atoms with Gasteiger partial charge in [-0.05, 0) is 12.3 Å². The number of hydrogen-bond donors (Lipinski definition) is 0. The first kappa shape index (κ1) is 13.5. The maximum absolute atomic E-state index is 5.05. The first-order valence-corrected chi connectivity index (χ1v) is 4.84. The van der Waals surface area contributed by atoms with E-state index in [1.165, 1.54) is 19.3 Å². The molecule has 1 atom stereocenters. The Morgan fingerprint density at radius 3 is 2.00 bits per heavy atom. The lowest BCUT2D eigenvalue weighted by Gasteiger charge is -2.10. The van der Waals surface area contributed by atoms with Gasteiger partial charge in [-0.3, -0.25) is 0 Å². The molecule has 0 bridgehead atoms. The third-order valence-corrected chi connectivity index (χ3v) is 1.68. The van der Waals surface area contributed by atoms with Crippen LogP contribution in [0.1, 0.15) is 47.0 Å². The van der Waals surface area contributed by atoms with Crippen molar-refractivity contribution in [1.29, 1.82) is 0 Å². The van der Waals surface area contributed by atoms with Crippen LogP contribution in [0.15, 0.2) is 0 Å². The molecule has 0 fully saturated rings. The molecule has 0 aliphatic rings. The fraction of sp³-hybridized carbons (Fsp3) is 1.00. The highest BCUT2D eigenvalue weighted by molar-refractivity contribution is 4.53. The van der Waals surface area contributed by atoms with Crippen molar-refractivity contribution in [2.45, 2.75) is 47.0 Å². The van der Waals surface area contributed by atoms with Crippen LogP contribution in [-0.2, 0) is 4.74 Å². The molecular formula is C10H24O. The van der Waals surface area contributed by atoms with Gasteiger partial charge in [0.05, 0.1) is 0 Å². The molecule has 0 rings (SSSR count). The summed E-state index contributed by atoms with van der Waals surface area (Å²) in [5.74, 6) is 0.792. The van der Waals surface area contributed by atoms with E-state index in [1.807, 2.05) is 13.8 Å². The van der Waals surface area contributed by atoms with Crippen molar-refractivity contribution in [3.05, 3.63) is 0 Å². The second-order valence-corrected chi connectivity index (χ2v) is 2.52. The van der Waals surface area contributed by atoms with Crippen molar-refractivity contribution in [2.24, 2.45) is 5.92 Å². The monoisotopic (exact) mass is 160 g/mol. The minimum absolute atomic E-state index is 0.792. The minimum atomic E-state index is 0.792. The average Bonchev–Trinajstić information content (AvgIpc) is 2.08.